The van der Waals surface area contributed by atoms with Crippen LogP contribution in [0.5, 0.6) is 0 Å². The predicted molar refractivity (Wildman–Crippen MR) is 97.0 cm³/mol. The summed E-state index contributed by atoms with van der Waals surface area (Å²) in [4.78, 5) is 26.4. The molecule has 0 amide bonds. The summed E-state index contributed by atoms with van der Waals surface area (Å²) < 4.78 is 0. The third-order valence-corrected chi connectivity index (χ3v) is 4.05. The number of H-pyrrole nitrogens is 1. The van der Waals surface area contributed by atoms with Gasteiger partial charge in [0.1, 0.15) is 6.29 Å². The summed E-state index contributed by atoms with van der Waals surface area (Å²) in [6.45, 7) is 2.64. The van der Waals surface area contributed by atoms with Crippen LogP contribution < -0.4 is 11.3 Å². The third-order valence-electron chi connectivity index (χ3n) is 4.05. The number of likely N-dealkylation sites (tertiary alicyclic amines) is 1. The van der Waals surface area contributed by atoms with Gasteiger partial charge in [-0.3, -0.25) is 4.79 Å². The summed E-state index contributed by atoms with van der Waals surface area (Å²) in [6.07, 6.45) is 5.78. The van der Waals surface area contributed by atoms with E-state index in [0.717, 1.165) is 23.0 Å². The van der Waals surface area contributed by atoms with Gasteiger partial charge in [-0.25, -0.2) is 0 Å². The Bertz CT molecular complexity index is 668. The molecular weight excluding hydrogens is 302 g/mol. The summed E-state index contributed by atoms with van der Waals surface area (Å²) in [5.41, 5.74) is 8.42. The van der Waals surface area contributed by atoms with Gasteiger partial charge in [0, 0.05) is 12.3 Å². The highest BCUT2D eigenvalue weighted by atomic mass is 16.1. The highest BCUT2D eigenvalue weighted by molar-refractivity contribution is 5.63. The number of aromatic amines is 1. The molecule has 3 N–H and O–H groups in total. The fraction of sp³-hybridized carbons (Fsp3) is 0.368. The summed E-state index contributed by atoms with van der Waals surface area (Å²) in [5, 5.41) is 0. The van der Waals surface area contributed by atoms with Gasteiger partial charge in [-0.1, -0.05) is 24.3 Å². The van der Waals surface area contributed by atoms with Gasteiger partial charge in [0.15, 0.2) is 0 Å². The van der Waals surface area contributed by atoms with E-state index in [0.29, 0.717) is 6.42 Å². The largest absolute Gasteiger partial charge is 0.328 e. The van der Waals surface area contributed by atoms with Gasteiger partial charge in [0.25, 0.3) is 0 Å². The fourth-order valence-electron chi connectivity index (χ4n) is 2.62. The molecule has 2 heterocycles. The van der Waals surface area contributed by atoms with E-state index in [1.807, 2.05) is 24.3 Å². The molecule has 1 aromatic heterocycles. The van der Waals surface area contributed by atoms with E-state index in [9.17, 15) is 9.59 Å². The highest BCUT2D eigenvalue weighted by Crippen LogP contribution is 2.18. The lowest BCUT2D eigenvalue weighted by molar-refractivity contribution is -0.108. The molecule has 5 nitrogen and oxygen atoms in total. The van der Waals surface area contributed by atoms with E-state index in [-0.39, 0.29) is 5.56 Å². The zero-order valence-corrected chi connectivity index (χ0v) is 14.1. The first-order valence-corrected chi connectivity index (χ1v) is 8.26. The van der Waals surface area contributed by atoms with Crippen LogP contribution in [0.4, 0.5) is 0 Å². The lowest BCUT2D eigenvalue weighted by Crippen LogP contribution is -2.23. The Kier molecular flexibility index (Phi) is 6.90. The number of hydrogen-bond acceptors (Lipinski definition) is 4. The van der Waals surface area contributed by atoms with E-state index in [1.165, 1.54) is 32.0 Å². The number of nitrogens with one attached hydrogen (secondary N) is 1. The number of rotatable bonds is 4. The first-order valence-electron chi connectivity index (χ1n) is 8.26. The number of nitrogens with zero attached hydrogens (tertiary/aromatic N) is 1. The second-order valence-corrected chi connectivity index (χ2v) is 6.15. The SMILES string of the molecule is CN1CCCC1.NC(C=O)Cc1ccc(-c2ccc(=O)[nH]c2)cc1. The maximum absolute atomic E-state index is 11.0. The van der Waals surface area contributed by atoms with Gasteiger partial charge in [0.05, 0.1) is 6.04 Å². The lowest BCUT2D eigenvalue weighted by atomic mass is 10.0. The standard InChI is InChI=1S/C14H14N2O2.C5H11N/c15-13(9-17)7-10-1-3-11(4-2-10)12-5-6-14(18)16-8-12;1-6-4-2-3-5-6/h1-6,8-9,13H,7,15H2,(H,16,18);2-5H2,1H3. The van der Waals surface area contributed by atoms with Crippen molar-refractivity contribution in [3.05, 3.63) is 58.5 Å². The Morgan fingerprint density at radius 3 is 2.21 bits per heavy atom. The van der Waals surface area contributed by atoms with Gasteiger partial charge in [-0.15, -0.1) is 0 Å². The molecule has 1 saturated heterocycles. The number of pyridine rings is 1. The van der Waals surface area contributed by atoms with Gasteiger partial charge in [-0.2, -0.15) is 0 Å². The molecule has 3 rings (SSSR count). The maximum Gasteiger partial charge on any atom is 0.247 e. The van der Waals surface area contributed by atoms with Gasteiger partial charge in [0.2, 0.25) is 5.56 Å². The van der Waals surface area contributed by atoms with Crippen molar-refractivity contribution in [3.63, 3.8) is 0 Å². The molecule has 1 unspecified atom stereocenters. The van der Waals surface area contributed by atoms with Crippen LogP contribution in [0.25, 0.3) is 11.1 Å². The number of carbonyl (C=O) groups excluding carboxylic acids is 1. The minimum Gasteiger partial charge on any atom is -0.328 e. The van der Waals surface area contributed by atoms with Crippen LogP contribution in [-0.4, -0.2) is 42.3 Å². The summed E-state index contributed by atoms with van der Waals surface area (Å²) >= 11 is 0. The summed E-state index contributed by atoms with van der Waals surface area (Å²) in [7, 11) is 2.17. The van der Waals surface area contributed by atoms with Crippen molar-refractivity contribution in [1.29, 1.82) is 0 Å². The second-order valence-electron chi connectivity index (χ2n) is 6.15. The zero-order valence-electron chi connectivity index (χ0n) is 14.1. The molecule has 0 radical (unpaired) electrons. The molecule has 2 aromatic rings. The molecule has 128 valence electrons. The van der Waals surface area contributed by atoms with Crippen LogP contribution in [0.15, 0.2) is 47.4 Å². The van der Waals surface area contributed by atoms with Gasteiger partial charge >= 0.3 is 0 Å². The average Bonchev–Trinajstić information content (AvgIpc) is 3.08. The minimum absolute atomic E-state index is 0.118. The second kappa shape index (κ2) is 9.15. The van der Waals surface area contributed by atoms with Crippen LogP contribution in [-0.2, 0) is 11.2 Å². The number of hydrogen-bond donors (Lipinski definition) is 2. The Hall–Kier alpha value is -2.24. The molecule has 0 aliphatic carbocycles. The number of carbonyl (C=O) groups is 1. The minimum atomic E-state index is -0.455. The molecule has 1 aliphatic rings. The van der Waals surface area contributed by atoms with Crippen molar-refractivity contribution < 1.29 is 4.79 Å². The summed E-state index contributed by atoms with van der Waals surface area (Å²) in [6, 6.07) is 10.6. The Labute approximate surface area is 142 Å². The number of aromatic nitrogens is 1. The van der Waals surface area contributed by atoms with Crippen molar-refractivity contribution in [1.82, 2.24) is 9.88 Å². The fourth-order valence-corrected chi connectivity index (χ4v) is 2.62. The normalized spacial score (nSPS) is 15.4. The Balaban J connectivity index is 0.000000292. The predicted octanol–water partition coefficient (Wildman–Crippen LogP) is 1.82. The van der Waals surface area contributed by atoms with Crippen molar-refractivity contribution >= 4 is 6.29 Å². The number of aldehydes is 1. The van der Waals surface area contributed by atoms with Crippen molar-refractivity contribution in [2.45, 2.75) is 25.3 Å². The average molecular weight is 327 g/mol. The molecule has 0 saturated carbocycles. The van der Waals surface area contributed by atoms with Crippen LogP contribution in [0, 0.1) is 0 Å². The monoisotopic (exact) mass is 327 g/mol. The first kappa shape index (κ1) is 18.1. The highest BCUT2D eigenvalue weighted by Gasteiger charge is 2.04. The lowest BCUT2D eigenvalue weighted by Gasteiger charge is -2.06. The maximum atomic E-state index is 11.0. The molecule has 1 aliphatic heterocycles. The third kappa shape index (κ3) is 5.76. The van der Waals surface area contributed by atoms with Crippen LogP contribution in [0.1, 0.15) is 18.4 Å². The Morgan fingerprint density at radius 2 is 1.75 bits per heavy atom. The first-order chi connectivity index (χ1) is 11.6. The topological polar surface area (TPSA) is 79.2 Å². The molecule has 1 atom stereocenters. The molecule has 1 aromatic carbocycles. The van der Waals surface area contributed by atoms with Gasteiger partial charge < -0.3 is 20.4 Å². The van der Waals surface area contributed by atoms with Crippen LogP contribution in [0.3, 0.4) is 0 Å². The van der Waals surface area contributed by atoms with Crippen molar-refractivity contribution in [2.24, 2.45) is 5.73 Å². The number of benzene rings is 1. The quantitative estimate of drug-likeness (QED) is 0.840. The van der Waals surface area contributed by atoms with E-state index in [1.54, 1.807) is 12.3 Å². The summed E-state index contributed by atoms with van der Waals surface area (Å²) in [5.74, 6) is 0. The zero-order chi connectivity index (χ0) is 17.4. The molecular formula is C19H25N3O2. The van der Waals surface area contributed by atoms with E-state index in [4.69, 9.17) is 5.73 Å². The van der Waals surface area contributed by atoms with Crippen LogP contribution in [0.2, 0.25) is 0 Å². The molecule has 24 heavy (non-hydrogen) atoms. The van der Waals surface area contributed by atoms with Gasteiger partial charge in [-0.05, 0) is 62.2 Å². The molecule has 5 heteroatoms. The van der Waals surface area contributed by atoms with Crippen LogP contribution >= 0.6 is 0 Å². The Morgan fingerprint density at radius 1 is 1.12 bits per heavy atom. The van der Waals surface area contributed by atoms with Crippen molar-refractivity contribution in [3.8, 4) is 11.1 Å². The smallest absolute Gasteiger partial charge is 0.247 e. The number of nitrogens with two attached hydrogens (primary N) is 1. The molecule has 0 spiro atoms. The van der Waals surface area contributed by atoms with E-state index >= 15 is 0 Å². The van der Waals surface area contributed by atoms with Crippen molar-refractivity contribution in [2.75, 3.05) is 20.1 Å². The van der Waals surface area contributed by atoms with E-state index in [2.05, 4.69) is 16.9 Å². The van der Waals surface area contributed by atoms with E-state index < -0.39 is 6.04 Å². The molecule has 1 fully saturated rings. The molecule has 0 bridgehead atoms.